The predicted octanol–water partition coefficient (Wildman–Crippen LogP) is 5.21. The second-order valence-corrected chi connectivity index (χ2v) is 9.08. The number of anilines is 1. The van der Waals surface area contributed by atoms with Crippen molar-refractivity contribution in [3.05, 3.63) is 65.4 Å². The zero-order valence-electron chi connectivity index (χ0n) is 17.0. The fourth-order valence-electron chi connectivity index (χ4n) is 4.63. The van der Waals surface area contributed by atoms with Crippen molar-refractivity contribution in [3.63, 3.8) is 0 Å². The summed E-state index contributed by atoms with van der Waals surface area (Å²) in [5.74, 6) is 1.82. The van der Waals surface area contributed by atoms with Gasteiger partial charge in [-0.15, -0.1) is 10.2 Å². The van der Waals surface area contributed by atoms with Crippen LogP contribution in [0, 0.1) is 6.92 Å². The van der Waals surface area contributed by atoms with Gasteiger partial charge in [0.25, 0.3) is 0 Å². The largest absolute Gasteiger partial charge is 0.343 e. The Bertz CT molecular complexity index is 1240. The number of para-hydroxylation sites is 1. The third-order valence-corrected chi connectivity index (χ3v) is 7.14. The fraction of sp³-hybridized carbons (Fsp3) is 0.292. The third-order valence-electron chi connectivity index (χ3n) is 6.14. The third kappa shape index (κ3) is 2.89. The number of pyridine rings is 1. The molecule has 6 rings (SSSR count). The number of nitrogens with zero attached hydrogens (tertiary/aromatic N) is 5. The lowest BCUT2D eigenvalue weighted by molar-refractivity contribution is 0.601. The Labute approximate surface area is 180 Å². The minimum Gasteiger partial charge on any atom is -0.343 e. The summed E-state index contributed by atoms with van der Waals surface area (Å²) in [4.78, 5) is 7.51. The van der Waals surface area contributed by atoms with Crippen molar-refractivity contribution in [3.8, 4) is 11.4 Å². The second kappa shape index (κ2) is 7.13. The number of hydrogen-bond acceptors (Lipinski definition) is 5. The summed E-state index contributed by atoms with van der Waals surface area (Å²) >= 11 is 1.76. The molecule has 0 fully saturated rings. The molecule has 6 heteroatoms. The number of fused-ring (bicyclic) bond motifs is 3. The molecular formula is C24H23N5S. The van der Waals surface area contributed by atoms with E-state index in [-0.39, 0.29) is 0 Å². The molecule has 2 aromatic heterocycles. The smallest absolute Gasteiger partial charge is 0.194 e. The summed E-state index contributed by atoms with van der Waals surface area (Å²) in [5.41, 5.74) is 7.55. The Morgan fingerprint density at radius 1 is 0.933 bits per heavy atom. The van der Waals surface area contributed by atoms with Gasteiger partial charge in [-0.2, -0.15) is 0 Å². The van der Waals surface area contributed by atoms with Gasteiger partial charge >= 0.3 is 0 Å². The topological polar surface area (TPSA) is 46.8 Å². The lowest BCUT2D eigenvalue weighted by Crippen LogP contribution is -2.32. The van der Waals surface area contributed by atoms with Gasteiger partial charge in [-0.3, -0.25) is 9.55 Å². The molecule has 0 amide bonds. The van der Waals surface area contributed by atoms with E-state index in [1.165, 1.54) is 40.7 Å². The molecule has 1 aliphatic carbocycles. The van der Waals surface area contributed by atoms with Gasteiger partial charge in [0.2, 0.25) is 0 Å². The molecule has 1 aliphatic heterocycles. The average molecular weight is 414 g/mol. The summed E-state index contributed by atoms with van der Waals surface area (Å²) in [5, 5.41) is 11.3. The van der Waals surface area contributed by atoms with Gasteiger partial charge in [0.05, 0.1) is 23.7 Å². The molecule has 150 valence electrons. The zero-order valence-corrected chi connectivity index (χ0v) is 17.8. The van der Waals surface area contributed by atoms with Crippen molar-refractivity contribution in [2.45, 2.75) is 44.4 Å². The molecule has 0 bridgehead atoms. The molecule has 2 aromatic carbocycles. The Balaban J connectivity index is 1.47. The maximum Gasteiger partial charge on any atom is 0.194 e. The van der Waals surface area contributed by atoms with Crippen LogP contribution in [0.15, 0.2) is 53.7 Å². The van der Waals surface area contributed by atoms with Crippen LogP contribution in [0.1, 0.15) is 29.7 Å². The summed E-state index contributed by atoms with van der Waals surface area (Å²) in [6, 6.07) is 17.1. The fourth-order valence-corrected chi connectivity index (χ4v) is 5.51. The number of aryl methyl sites for hydroxylation is 2. The van der Waals surface area contributed by atoms with Crippen LogP contribution in [0.25, 0.3) is 22.3 Å². The predicted molar refractivity (Wildman–Crippen MR) is 122 cm³/mol. The molecule has 3 heterocycles. The first-order chi connectivity index (χ1) is 14.8. The average Bonchev–Trinajstić information content (AvgIpc) is 3.21. The van der Waals surface area contributed by atoms with Crippen molar-refractivity contribution in [2.24, 2.45) is 0 Å². The summed E-state index contributed by atoms with van der Waals surface area (Å²) in [7, 11) is 0. The van der Waals surface area contributed by atoms with Gasteiger partial charge in [0.1, 0.15) is 0 Å². The van der Waals surface area contributed by atoms with E-state index < -0.39 is 0 Å². The Morgan fingerprint density at radius 2 is 1.77 bits per heavy atom. The first-order valence-corrected chi connectivity index (χ1v) is 11.5. The van der Waals surface area contributed by atoms with Crippen LogP contribution in [-0.2, 0) is 19.5 Å². The van der Waals surface area contributed by atoms with Gasteiger partial charge in [-0.1, -0.05) is 59.8 Å². The van der Waals surface area contributed by atoms with Gasteiger partial charge in [0.15, 0.2) is 11.0 Å². The lowest BCUT2D eigenvalue weighted by atomic mass is 9.92. The van der Waals surface area contributed by atoms with E-state index in [4.69, 9.17) is 4.98 Å². The van der Waals surface area contributed by atoms with Crippen molar-refractivity contribution in [2.75, 3.05) is 10.8 Å². The molecule has 0 radical (unpaired) electrons. The second-order valence-electron chi connectivity index (χ2n) is 8.16. The molecule has 2 aliphatic rings. The first kappa shape index (κ1) is 18.0. The highest BCUT2D eigenvalue weighted by molar-refractivity contribution is 7.99. The number of rotatable bonds is 2. The van der Waals surface area contributed by atoms with Gasteiger partial charge < -0.3 is 4.90 Å². The Kier molecular flexibility index (Phi) is 4.27. The van der Waals surface area contributed by atoms with E-state index in [0.29, 0.717) is 0 Å². The number of benzene rings is 2. The van der Waals surface area contributed by atoms with E-state index in [1.54, 1.807) is 11.8 Å². The minimum atomic E-state index is 0.763. The first-order valence-electron chi connectivity index (χ1n) is 10.6. The molecule has 30 heavy (non-hydrogen) atoms. The van der Waals surface area contributed by atoms with Gasteiger partial charge in [-0.05, 0) is 44.2 Å². The molecule has 0 unspecified atom stereocenters. The van der Waals surface area contributed by atoms with Crippen LogP contribution in [-0.4, -0.2) is 25.6 Å². The molecule has 0 saturated carbocycles. The normalized spacial score (nSPS) is 15.8. The highest BCUT2D eigenvalue weighted by Gasteiger charge is 2.27. The van der Waals surface area contributed by atoms with Gasteiger partial charge in [-0.25, -0.2) is 0 Å². The van der Waals surface area contributed by atoms with Crippen LogP contribution in [0.5, 0.6) is 0 Å². The molecule has 5 nitrogen and oxygen atoms in total. The SMILES string of the molecule is Cc1ccc(-c2nnc3n2CN(c2c4c(nc5ccccc25)CCCC4)CS3)cc1. The summed E-state index contributed by atoms with van der Waals surface area (Å²) < 4.78 is 2.25. The van der Waals surface area contributed by atoms with Gasteiger partial charge in [0, 0.05) is 16.6 Å². The van der Waals surface area contributed by atoms with Crippen LogP contribution in [0.2, 0.25) is 0 Å². The highest BCUT2D eigenvalue weighted by atomic mass is 32.2. The Hall–Kier alpha value is -2.86. The van der Waals surface area contributed by atoms with Crippen LogP contribution < -0.4 is 4.90 Å². The van der Waals surface area contributed by atoms with E-state index in [0.717, 1.165) is 47.4 Å². The monoisotopic (exact) mass is 413 g/mol. The minimum absolute atomic E-state index is 0.763. The quantitative estimate of drug-likeness (QED) is 0.452. The number of hydrogen-bond donors (Lipinski definition) is 0. The van der Waals surface area contributed by atoms with Crippen molar-refractivity contribution >= 4 is 28.4 Å². The van der Waals surface area contributed by atoms with E-state index in [2.05, 4.69) is 75.1 Å². The van der Waals surface area contributed by atoms with Crippen molar-refractivity contribution < 1.29 is 0 Å². The van der Waals surface area contributed by atoms with Crippen LogP contribution >= 0.6 is 11.8 Å². The molecule has 0 atom stereocenters. The number of thioether (sulfide) groups is 1. The molecular weight excluding hydrogens is 390 g/mol. The maximum atomic E-state index is 5.01. The number of aromatic nitrogens is 4. The zero-order chi connectivity index (χ0) is 20.1. The van der Waals surface area contributed by atoms with Crippen LogP contribution in [0.4, 0.5) is 5.69 Å². The van der Waals surface area contributed by atoms with E-state index in [9.17, 15) is 0 Å². The standard InChI is InChI=1S/C24H23N5S/c1-16-10-12-17(13-11-16)23-26-27-24-29(23)14-28(15-30-24)22-18-6-2-4-8-20(18)25-21-9-5-3-7-19(21)22/h2,4,6,8,10-13H,3,5,7,9,14-15H2,1H3. The molecule has 0 spiro atoms. The summed E-state index contributed by atoms with van der Waals surface area (Å²) in [6.07, 6.45) is 4.68. The Morgan fingerprint density at radius 3 is 2.67 bits per heavy atom. The lowest BCUT2D eigenvalue weighted by Gasteiger charge is -2.33. The summed E-state index contributed by atoms with van der Waals surface area (Å²) in [6.45, 7) is 2.87. The van der Waals surface area contributed by atoms with E-state index in [1.807, 2.05) is 0 Å². The van der Waals surface area contributed by atoms with E-state index >= 15 is 0 Å². The highest BCUT2D eigenvalue weighted by Crippen LogP contribution is 2.39. The van der Waals surface area contributed by atoms with Crippen molar-refractivity contribution in [1.29, 1.82) is 0 Å². The molecule has 4 aromatic rings. The van der Waals surface area contributed by atoms with Crippen molar-refractivity contribution in [1.82, 2.24) is 19.7 Å². The van der Waals surface area contributed by atoms with Crippen LogP contribution in [0.3, 0.4) is 0 Å². The molecule has 0 N–H and O–H groups in total. The maximum absolute atomic E-state index is 5.01. The molecule has 0 saturated heterocycles.